The van der Waals surface area contributed by atoms with Gasteiger partial charge < -0.3 is 20.5 Å². The van der Waals surface area contributed by atoms with E-state index in [2.05, 4.69) is 10.6 Å². The maximum absolute atomic E-state index is 11.8. The van der Waals surface area contributed by atoms with Gasteiger partial charge in [-0.2, -0.15) is 0 Å². The number of rotatable bonds is 3. The van der Waals surface area contributed by atoms with Gasteiger partial charge in [-0.3, -0.25) is 4.79 Å². The number of methoxy groups -OCH3 is 1. The third-order valence-electron chi connectivity index (χ3n) is 3.19. The van der Waals surface area contributed by atoms with Gasteiger partial charge in [0.1, 0.15) is 0 Å². The van der Waals surface area contributed by atoms with Crippen LogP contribution in [0.15, 0.2) is 29.5 Å². The van der Waals surface area contributed by atoms with E-state index in [0.29, 0.717) is 16.8 Å². The highest BCUT2D eigenvalue weighted by Crippen LogP contribution is 2.33. The van der Waals surface area contributed by atoms with Crippen LogP contribution in [0.2, 0.25) is 0 Å². The van der Waals surface area contributed by atoms with Gasteiger partial charge in [0.2, 0.25) is 0 Å². The first-order valence-electron chi connectivity index (χ1n) is 6.10. The molecule has 1 aromatic rings. The summed E-state index contributed by atoms with van der Waals surface area (Å²) in [6.45, 7) is 3.13. The van der Waals surface area contributed by atoms with Crippen molar-refractivity contribution in [2.24, 2.45) is 0 Å². The molecule has 0 unspecified atom stereocenters. The van der Waals surface area contributed by atoms with Crippen LogP contribution in [0.3, 0.4) is 0 Å². The molecule has 6 heteroatoms. The molecule has 2 amide bonds. The molecule has 0 saturated carbocycles. The van der Waals surface area contributed by atoms with Crippen molar-refractivity contribution in [3.05, 3.63) is 35.0 Å². The molecule has 1 aromatic carbocycles. The fourth-order valence-corrected chi connectivity index (χ4v) is 2.28. The molecule has 6 nitrogen and oxygen atoms in total. The van der Waals surface area contributed by atoms with Crippen LogP contribution in [-0.2, 0) is 4.79 Å². The number of nitrogens with one attached hydrogen (secondary N) is 2. The van der Waals surface area contributed by atoms with Gasteiger partial charge in [-0.1, -0.05) is 6.07 Å². The number of amides is 2. The maximum atomic E-state index is 11.8. The highest BCUT2D eigenvalue weighted by atomic mass is 16.5. The maximum Gasteiger partial charge on any atom is 0.319 e. The predicted octanol–water partition coefficient (Wildman–Crippen LogP) is 1.62. The molecule has 2 rings (SSSR count). The minimum atomic E-state index is -0.559. The van der Waals surface area contributed by atoms with Crippen LogP contribution >= 0.6 is 0 Å². The van der Waals surface area contributed by atoms with Crippen molar-refractivity contribution in [2.75, 3.05) is 7.11 Å². The number of benzene rings is 1. The number of carbonyl (C=O) groups is 2. The highest BCUT2D eigenvalue weighted by Gasteiger charge is 2.29. The number of hydrogen-bond acceptors (Lipinski definition) is 4. The zero-order chi connectivity index (χ0) is 14.9. The fraction of sp³-hybridized carbons (Fsp3) is 0.286. The van der Waals surface area contributed by atoms with E-state index in [1.54, 1.807) is 19.1 Å². The number of ether oxygens (including phenoxy) is 1. The second-order valence-corrected chi connectivity index (χ2v) is 4.56. The van der Waals surface area contributed by atoms with Crippen molar-refractivity contribution in [3.8, 4) is 11.5 Å². The molecule has 0 aromatic heterocycles. The number of hydrogen-bond donors (Lipinski definition) is 3. The van der Waals surface area contributed by atoms with Crippen LogP contribution in [0, 0.1) is 0 Å². The Morgan fingerprint density at radius 1 is 1.40 bits per heavy atom. The summed E-state index contributed by atoms with van der Waals surface area (Å²) in [5.74, 6) is 0.157. The number of urea groups is 1. The van der Waals surface area contributed by atoms with Crippen LogP contribution in [0.4, 0.5) is 4.79 Å². The number of phenolic OH excluding ortho intramolecular Hbond substituents is 1. The Morgan fingerprint density at radius 3 is 2.70 bits per heavy atom. The number of carbonyl (C=O) groups excluding carboxylic acids is 2. The number of Topliss-reactive ketones (excluding diaryl/α,β-unsaturated/α-hetero) is 1. The Labute approximate surface area is 116 Å². The Kier molecular flexibility index (Phi) is 3.65. The Hall–Kier alpha value is -2.50. The molecule has 0 aliphatic carbocycles. The fourth-order valence-electron chi connectivity index (χ4n) is 2.28. The van der Waals surface area contributed by atoms with Gasteiger partial charge >= 0.3 is 6.03 Å². The quantitative estimate of drug-likeness (QED) is 0.782. The molecule has 3 N–H and O–H groups in total. The molecule has 0 saturated heterocycles. The molecular weight excluding hydrogens is 260 g/mol. The van der Waals surface area contributed by atoms with E-state index in [-0.39, 0.29) is 23.3 Å². The smallest absolute Gasteiger partial charge is 0.319 e. The van der Waals surface area contributed by atoms with Crippen LogP contribution in [0.1, 0.15) is 25.5 Å². The average Bonchev–Trinajstić information content (AvgIpc) is 2.37. The SMILES string of the molecule is COc1cc([C@@H]2NC(=O)NC(C)=C2C(C)=O)ccc1O. The van der Waals surface area contributed by atoms with Crippen molar-refractivity contribution in [1.29, 1.82) is 0 Å². The number of allylic oxidation sites excluding steroid dienone is 1. The van der Waals surface area contributed by atoms with Crippen LogP contribution in [-0.4, -0.2) is 24.0 Å². The van der Waals surface area contributed by atoms with Gasteiger partial charge in [0.05, 0.1) is 13.2 Å². The Bertz CT molecular complexity index is 607. The number of phenols is 1. The minimum Gasteiger partial charge on any atom is -0.504 e. The lowest BCUT2D eigenvalue weighted by Crippen LogP contribution is -2.44. The lowest BCUT2D eigenvalue weighted by Gasteiger charge is -2.28. The largest absolute Gasteiger partial charge is 0.504 e. The summed E-state index contributed by atoms with van der Waals surface area (Å²) in [4.78, 5) is 23.4. The van der Waals surface area contributed by atoms with Crippen LogP contribution in [0.25, 0.3) is 0 Å². The normalized spacial score (nSPS) is 18.4. The minimum absolute atomic E-state index is 0.00147. The first kappa shape index (κ1) is 13.9. The zero-order valence-corrected chi connectivity index (χ0v) is 11.5. The van der Waals surface area contributed by atoms with Crippen molar-refractivity contribution in [3.63, 3.8) is 0 Å². The van der Waals surface area contributed by atoms with Crippen LogP contribution < -0.4 is 15.4 Å². The predicted molar refractivity (Wildman–Crippen MR) is 72.4 cm³/mol. The molecule has 1 atom stereocenters. The molecule has 0 fully saturated rings. The topological polar surface area (TPSA) is 87.7 Å². The van der Waals surface area contributed by atoms with Crippen LogP contribution in [0.5, 0.6) is 11.5 Å². The molecule has 106 valence electrons. The van der Waals surface area contributed by atoms with Gasteiger partial charge in [-0.25, -0.2) is 4.79 Å². The van der Waals surface area contributed by atoms with Gasteiger partial charge in [-0.15, -0.1) is 0 Å². The van der Waals surface area contributed by atoms with E-state index in [9.17, 15) is 14.7 Å². The van der Waals surface area contributed by atoms with Crippen molar-refractivity contribution >= 4 is 11.8 Å². The second kappa shape index (κ2) is 5.24. The number of aromatic hydroxyl groups is 1. The second-order valence-electron chi connectivity index (χ2n) is 4.56. The van der Waals surface area contributed by atoms with Gasteiger partial charge in [0, 0.05) is 11.3 Å². The van der Waals surface area contributed by atoms with Gasteiger partial charge in [-0.05, 0) is 31.5 Å². The van der Waals surface area contributed by atoms with Crippen molar-refractivity contribution in [1.82, 2.24) is 10.6 Å². The molecule has 0 spiro atoms. The summed E-state index contributed by atoms with van der Waals surface area (Å²) in [7, 11) is 1.44. The monoisotopic (exact) mass is 276 g/mol. The molecule has 0 bridgehead atoms. The molecule has 1 heterocycles. The molecule has 1 aliphatic rings. The van der Waals surface area contributed by atoms with Crippen molar-refractivity contribution < 1.29 is 19.4 Å². The molecular formula is C14H16N2O4. The van der Waals surface area contributed by atoms with E-state index < -0.39 is 6.04 Å². The van der Waals surface area contributed by atoms with Gasteiger partial charge in [0.15, 0.2) is 17.3 Å². The number of ketones is 1. The molecule has 0 radical (unpaired) electrons. The van der Waals surface area contributed by atoms with E-state index >= 15 is 0 Å². The van der Waals surface area contributed by atoms with Crippen molar-refractivity contribution in [2.45, 2.75) is 19.9 Å². The van der Waals surface area contributed by atoms with Gasteiger partial charge in [0.25, 0.3) is 0 Å². The molecule has 1 aliphatic heterocycles. The lowest BCUT2D eigenvalue weighted by atomic mass is 9.93. The summed E-state index contributed by atoms with van der Waals surface area (Å²) < 4.78 is 5.05. The zero-order valence-electron chi connectivity index (χ0n) is 11.5. The summed E-state index contributed by atoms with van der Waals surface area (Å²) in [6.07, 6.45) is 0. The summed E-state index contributed by atoms with van der Waals surface area (Å²) in [6, 6.07) is 3.78. The van der Waals surface area contributed by atoms with E-state index in [0.717, 1.165) is 0 Å². The first-order chi connectivity index (χ1) is 9.43. The highest BCUT2D eigenvalue weighted by molar-refractivity contribution is 5.98. The lowest BCUT2D eigenvalue weighted by molar-refractivity contribution is -0.114. The van der Waals surface area contributed by atoms with E-state index in [4.69, 9.17) is 4.74 Å². The summed E-state index contributed by atoms with van der Waals surface area (Å²) in [5, 5.41) is 14.9. The summed E-state index contributed by atoms with van der Waals surface area (Å²) in [5.41, 5.74) is 1.68. The Morgan fingerprint density at radius 2 is 2.10 bits per heavy atom. The average molecular weight is 276 g/mol. The van der Waals surface area contributed by atoms with E-state index in [1.165, 1.54) is 20.1 Å². The van der Waals surface area contributed by atoms with E-state index in [1.807, 2.05) is 0 Å². The summed E-state index contributed by atoms with van der Waals surface area (Å²) >= 11 is 0. The Balaban J connectivity index is 2.51. The first-order valence-corrected chi connectivity index (χ1v) is 6.10. The third kappa shape index (κ3) is 2.45. The molecule has 20 heavy (non-hydrogen) atoms. The third-order valence-corrected chi connectivity index (χ3v) is 3.19. The standard InChI is InChI=1S/C14H16N2O4/c1-7-12(8(2)17)13(16-14(19)15-7)9-4-5-10(18)11(6-9)20-3/h4-6,13,18H,1-3H3,(H2,15,16,19)/t13-/m0/s1.